The molecule has 1 heterocycles. The fourth-order valence-corrected chi connectivity index (χ4v) is 2.53. The van der Waals surface area contributed by atoms with E-state index in [9.17, 15) is 4.79 Å². The lowest BCUT2D eigenvalue weighted by Gasteiger charge is -2.33. The Kier molecular flexibility index (Phi) is 4.62. The average Bonchev–Trinajstić information content (AvgIpc) is 3.14. The molecule has 2 fully saturated rings. The van der Waals surface area contributed by atoms with Gasteiger partial charge in [0.1, 0.15) is 0 Å². The first kappa shape index (κ1) is 13.8. The minimum absolute atomic E-state index is 0.0191. The average molecular weight is 253 g/mol. The van der Waals surface area contributed by atoms with Gasteiger partial charge in [0.25, 0.3) is 0 Å². The van der Waals surface area contributed by atoms with Crippen molar-refractivity contribution >= 4 is 5.91 Å². The molecule has 1 amide bonds. The minimum atomic E-state index is -0.366. The summed E-state index contributed by atoms with van der Waals surface area (Å²) in [5.41, 5.74) is 5.86. The summed E-state index contributed by atoms with van der Waals surface area (Å²) in [6.45, 7) is 7.49. The van der Waals surface area contributed by atoms with E-state index < -0.39 is 0 Å². The Morgan fingerprint density at radius 2 is 1.89 bits per heavy atom. The largest absolute Gasteiger partial charge is 0.352 e. The van der Waals surface area contributed by atoms with Crippen LogP contribution in [0.5, 0.6) is 0 Å². The van der Waals surface area contributed by atoms with Crippen molar-refractivity contribution in [2.75, 3.05) is 19.6 Å². The molecule has 2 aliphatic rings. The number of hydrogen-bond donors (Lipinski definition) is 2. The third-order valence-electron chi connectivity index (χ3n) is 4.17. The number of nitrogens with two attached hydrogens (primary N) is 1. The zero-order valence-corrected chi connectivity index (χ0v) is 11.7. The van der Waals surface area contributed by atoms with E-state index in [1.807, 2.05) is 13.8 Å². The lowest BCUT2D eigenvalue weighted by Crippen LogP contribution is -2.51. The zero-order chi connectivity index (χ0) is 13.1. The van der Waals surface area contributed by atoms with Gasteiger partial charge in [-0.25, -0.2) is 0 Å². The summed E-state index contributed by atoms with van der Waals surface area (Å²) in [5, 5.41) is 3.10. The molecule has 0 spiro atoms. The molecule has 0 unspecified atom stereocenters. The molecular weight excluding hydrogens is 226 g/mol. The Balaban J connectivity index is 1.67. The van der Waals surface area contributed by atoms with Crippen molar-refractivity contribution in [3.8, 4) is 0 Å². The monoisotopic (exact) mass is 253 g/mol. The maximum absolute atomic E-state index is 11.9. The molecule has 4 nitrogen and oxygen atoms in total. The predicted octanol–water partition coefficient (Wildman–Crippen LogP) is 0.960. The second-order valence-corrected chi connectivity index (χ2v) is 6.30. The highest BCUT2D eigenvalue weighted by atomic mass is 16.2. The second-order valence-electron chi connectivity index (χ2n) is 6.30. The first-order valence-corrected chi connectivity index (χ1v) is 7.34. The highest BCUT2D eigenvalue weighted by Gasteiger charge is 2.28. The normalized spacial score (nSPS) is 24.2. The number of likely N-dealkylation sites (tertiary alicyclic amines) is 1. The van der Waals surface area contributed by atoms with Gasteiger partial charge in [0, 0.05) is 25.7 Å². The number of rotatable bonds is 5. The van der Waals surface area contributed by atoms with Crippen LogP contribution in [0.15, 0.2) is 0 Å². The standard InChI is InChI=1S/C14H27N3O/c1-10(2)13(15)14(18)16-12-5-7-17(8-6-12)9-11-3-4-11/h10-13H,3-9,15H2,1-2H3,(H,16,18)/t13-/m0/s1. The summed E-state index contributed by atoms with van der Waals surface area (Å²) in [4.78, 5) is 14.4. The molecule has 1 saturated heterocycles. The summed E-state index contributed by atoms with van der Waals surface area (Å²) in [6, 6.07) is -0.0350. The van der Waals surface area contributed by atoms with Crippen LogP contribution in [0.2, 0.25) is 0 Å². The lowest BCUT2D eigenvalue weighted by molar-refractivity contribution is -0.124. The molecule has 104 valence electrons. The van der Waals surface area contributed by atoms with Gasteiger partial charge in [0.2, 0.25) is 5.91 Å². The summed E-state index contributed by atoms with van der Waals surface area (Å²) in [6.07, 6.45) is 4.98. The molecule has 4 heteroatoms. The van der Waals surface area contributed by atoms with Crippen molar-refractivity contribution in [2.24, 2.45) is 17.6 Å². The van der Waals surface area contributed by atoms with Crippen molar-refractivity contribution in [2.45, 2.75) is 51.6 Å². The highest BCUT2D eigenvalue weighted by Crippen LogP contribution is 2.30. The van der Waals surface area contributed by atoms with Gasteiger partial charge >= 0.3 is 0 Å². The Hall–Kier alpha value is -0.610. The van der Waals surface area contributed by atoms with E-state index in [1.165, 1.54) is 19.4 Å². The van der Waals surface area contributed by atoms with Gasteiger partial charge in [-0.2, -0.15) is 0 Å². The van der Waals surface area contributed by atoms with E-state index in [2.05, 4.69) is 10.2 Å². The first-order chi connectivity index (χ1) is 8.56. The van der Waals surface area contributed by atoms with Crippen LogP contribution in [-0.4, -0.2) is 42.5 Å². The van der Waals surface area contributed by atoms with E-state index in [0.717, 1.165) is 31.8 Å². The van der Waals surface area contributed by atoms with Crippen molar-refractivity contribution in [3.63, 3.8) is 0 Å². The van der Waals surface area contributed by atoms with E-state index in [0.29, 0.717) is 6.04 Å². The number of nitrogens with one attached hydrogen (secondary N) is 1. The Morgan fingerprint density at radius 1 is 1.28 bits per heavy atom. The van der Waals surface area contributed by atoms with Crippen LogP contribution in [0.3, 0.4) is 0 Å². The SMILES string of the molecule is CC(C)[C@H](N)C(=O)NC1CCN(CC2CC2)CC1. The molecule has 2 rings (SSSR count). The molecule has 1 saturated carbocycles. The van der Waals surface area contributed by atoms with Crippen molar-refractivity contribution < 1.29 is 4.79 Å². The number of carbonyl (C=O) groups excluding carboxylic acids is 1. The summed E-state index contributed by atoms with van der Waals surface area (Å²) in [7, 11) is 0. The summed E-state index contributed by atoms with van der Waals surface area (Å²) >= 11 is 0. The first-order valence-electron chi connectivity index (χ1n) is 7.34. The smallest absolute Gasteiger partial charge is 0.237 e. The van der Waals surface area contributed by atoms with E-state index >= 15 is 0 Å². The van der Waals surface area contributed by atoms with Crippen molar-refractivity contribution in [3.05, 3.63) is 0 Å². The van der Waals surface area contributed by atoms with Gasteiger partial charge in [-0.05, 0) is 37.5 Å². The number of hydrogen-bond acceptors (Lipinski definition) is 3. The molecule has 0 aromatic rings. The lowest BCUT2D eigenvalue weighted by atomic mass is 10.0. The molecule has 0 radical (unpaired) electrons. The molecular formula is C14H27N3O. The van der Waals surface area contributed by atoms with Gasteiger partial charge < -0.3 is 16.0 Å². The van der Waals surface area contributed by atoms with Crippen molar-refractivity contribution in [1.29, 1.82) is 0 Å². The van der Waals surface area contributed by atoms with Crippen LogP contribution in [0.25, 0.3) is 0 Å². The van der Waals surface area contributed by atoms with Gasteiger partial charge in [-0.3, -0.25) is 4.79 Å². The van der Waals surface area contributed by atoms with Crippen LogP contribution in [-0.2, 0) is 4.79 Å². The van der Waals surface area contributed by atoms with Crippen LogP contribution in [0.4, 0.5) is 0 Å². The van der Waals surface area contributed by atoms with Crippen LogP contribution in [0, 0.1) is 11.8 Å². The summed E-state index contributed by atoms with van der Waals surface area (Å²) < 4.78 is 0. The molecule has 1 aliphatic carbocycles. The molecule has 0 bridgehead atoms. The number of carbonyl (C=O) groups is 1. The Labute approximate surface area is 110 Å². The molecule has 1 atom stereocenters. The highest BCUT2D eigenvalue weighted by molar-refractivity contribution is 5.82. The number of amides is 1. The van der Waals surface area contributed by atoms with Gasteiger partial charge in [-0.1, -0.05) is 13.8 Å². The van der Waals surface area contributed by atoms with Crippen LogP contribution >= 0.6 is 0 Å². The molecule has 0 aromatic heterocycles. The van der Waals surface area contributed by atoms with Crippen LogP contribution in [0.1, 0.15) is 39.5 Å². The zero-order valence-electron chi connectivity index (χ0n) is 11.7. The summed E-state index contributed by atoms with van der Waals surface area (Å²) in [5.74, 6) is 1.19. The third-order valence-corrected chi connectivity index (χ3v) is 4.17. The van der Waals surface area contributed by atoms with Gasteiger partial charge in [0.15, 0.2) is 0 Å². The second kappa shape index (κ2) is 6.02. The maximum atomic E-state index is 11.9. The molecule has 0 aromatic carbocycles. The maximum Gasteiger partial charge on any atom is 0.237 e. The fourth-order valence-electron chi connectivity index (χ4n) is 2.53. The van der Waals surface area contributed by atoms with Gasteiger partial charge in [0.05, 0.1) is 6.04 Å². The fraction of sp³-hybridized carbons (Fsp3) is 0.929. The Bertz CT molecular complexity index is 281. The quantitative estimate of drug-likeness (QED) is 0.767. The Morgan fingerprint density at radius 3 is 2.39 bits per heavy atom. The molecule has 18 heavy (non-hydrogen) atoms. The van der Waals surface area contributed by atoms with E-state index in [4.69, 9.17) is 5.73 Å². The van der Waals surface area contributed by atoms with E-state index in [1.54, 1.807) is 0 Å². The molecule has 3 N–H and O–H groups in total. The topological polar surface area (TPSA) is 58.4 Å². The predicted molar refractivity (Wildman–Crippen MR) is 73.1 cm³/mol. The van der Waals surface area contributed by atoms with Gasteiger partial charge in [-0.15, -0.1) is 0 Å². The third kappa shape index (κ3) is 3.95. The number of nitrogens with zero attached hydrogens (tertiary/aromatic N) is 1. The number of piperidine rings is 1. The molecule has 1 aliphatic heterocycles. The minimum Gasteiger partial charge on any atom is -0.352 e. The van der Waals surface area contributed by atoms with E-state index in [-0.39, 0.29) is 17.9 Å². The van der Waals surface area contributed by atoms with Crippen LogP contribution < -0.4 is 11.1 Å². The van der Waals surface area contributed by atoms with Crippen molar-refractivity contribution in [1.82, 2.24) is 10.2 Å².